The SMILES string of the molecule is CC(C)c1cc(C(=O)NCCCOCc2ccccc2)c2cnn(C(C)C)c2n1. The second-order valence-corrected chi connectivity index (χ2v) is 7.82. The molecule has 2 heterocycles. The summed E-state index contributed by atoms with van der Waals surface area (Å²) >= 11 is 0. The minimum Gasteiger partial charge on any atom is -0.377 e. The molecule has 0 unspecified atom stereocenters. The third-order valence-electron chi connectivity index (χ3n) is 4.77. The molecular weight excluding hydrogens is 364 g/mol. The Labute approximate surface area is 172 Å². The van der Waals surface area contributed by atoms with Crippen LogP contribution in [0.3, 0.4) is 0 Å². The van der Waals surface area contributed by atoms with Crippen molar-refractivity contribution in [2.75, 3.05) is 13.2 Å². The van der Waals surface area contributed by atoms with Gasteiger partial charge in [-0.3, -0.25) is 4.79 Å². The summed E-state index contributed by atoms with van der Waals surface area (Å²) in [5.41, 5.74) is 3.45. The van der Waals surface area contributed by atoms with E-state index in [1.807, 2.05) is 41.1 Å². The fraction of sp³-hybridized carbons (Fsp3) is 0.435. The summed E-state index contributed by atoms with van der Waals surface area (Å²) in [6, 6.07) is 12.1. The van der Waals surface area contributed by atoms with Crippen LogP contribution in [0.1, 0.15) is 67.7 Å². The Hall–Kier alpha value is -2.73. The lowest BCUT2D eigenvalue weighted by molar-refractivity contribution is 0.0936. The number of hydrogen-bond acceptors (Lipinski definition) is 4. The summed E-state index contributed by atoms with van der Waals surface area (Å²) in [6.45, 7) is 10.0. The van der Waals surface area contributed by atoms with Gasteiger partial charge in [0.25, 0.3) is 5.91 Å². The molecule has 3 rings (SSSR count). The van der Waals surface area contributed by atoms with Gasteiger partial charge in [-0.05, 0) is 37.8 Å². The van der Waals surface area contributed by atoms with Crippen LogP contribution >= 0.6 is 0 Å². The molecule has 0 radical (unpaired) electrons. The zero-order valence-electron chi connectivity index (χ0n) is 17.7. The van der Waals surface area contributed by atoms with E-state index in [0.717, 1.165) is 28.7 Å². The van der Waals surface area contributed by atoms with E-state index < -0.39 is 0 Å². The Kier molecular flexibility index (Phi) is 6.99. The highest BCUT2D eigenvalue weighted by Crippen LogP contribution is 2.24. The topological polar surface area (TPSA) is 69.0 Å². The van der Waals surface area contributed by atoms with Gasteiger partial charge < -0.3 is 10.1 Å². The van der Waals surface area contributed by atoms with Crippen LogP contribution in [0, 0.1) is 0 Å². The van der Waals surface area contributed by atoms with Crippen molar-refractivity contribution in [3.63, 3.8) is 0 Å². The minimum atomic E-state index is -0.0920. The number of carbonyl (C=O) groups excluding carboxylic acids is 1. The Morgan fingerprint density at radius 1 is 1.17 bits per heavy atom. The second-order valence-electron chi connectivity index (χ2n) is 7.82. The van der Waals surface area contributed by atoms with Crippen LogP contribution in [0.5, 0.6) is 0 Å². The molecule has 0 aliphatic carbocycles. The molecular formula is C23H30N4O2. The monoisotopic (exact) mass is 394 g/mol. The van der Waals surface area contributed by atoms with Crippen molar-refractivity contribution in [1.82, 2.24) is 20.1 Å². The highest BCUT2D eigenvalue weighted by Gasteiger charge is 2.18. The van der Waals surface area contributed by atoms with E-state index in [2.05, 4.69) is 38.1 Å². The highest BCUT2D eigenvalue weighted by atomic mass is 16.5. The van der Waals surface area contributed by atoms with Crippen LogP contribution in [0.4, 0.5) is 0 Å². The van der Waals surface area contributed by atoms with Crippen molar-refractivity contribution < 1.29 is 9.53 Å². The first-order chi connectivity index (χ1) is 14.0. The molecule has 6 heteroatoms. The third kappa shape index (κ3) is 5.21. The van der Waals surface area contributed by atoms with E-state index in [1.165, 1.54) is 0 Å². The molecule has 0 fully saturated rings. The summed E-state index contributed by atoms with van der Waals surface area (Å²) in [5, 5.41) is 8.25. The van der Waals surface area contributed by atoms with Gasteiger partial charge >= 0.3 is 0 Å². The number of fused-ring (bicyclic) bond motifs is 1. The molecule has 1 amide bonds. The molecule has 0 atom stereocenters. The molecule has 1 N–H and O–H groups in total. The zero-order valence-corrected chi connectivity index (χ0v) is 17.7. The molecule has 3 aromatic rings. The number of aromatic nitrogens is 3. The lowest BCUT2D eigenvalue weighted by atomic mass is 10.0. The van der Waals surface area contributed by atoms with Gasteiger partial charge in [0, 0.05) is 24.9 Å². The van der Waals surface area contributed by atoms with E-state index >= 15 is 0 Å². The van der Waals surface area contributed by atoms with E-state index in [9.17, 15) is 4.79 Å². The number of nitrogens with one attached hydrogen (secondary N) is 1. The average molecular weight is 395 g/mol. The van der Waals surface area contributed by atoms with Crippen molar-refractivity contribution in [3.05, 3.63) is 59.4 Å². The van der Waals surface area contributed by atoms with Gasteiger partial charge in [-0.25, -0.2) is 9.67 Å². The molecule has 0 aliphatic heterocycles. The summed E-state index contributed by atoms with van der Waals surface area (Å²) in [7, 11) is 0. The minimum absolute atomic E-state index is 0.0920. The fourth-order valence-electron chi connectivity index (χ4n) is 3.13. The standard InChI is InChI=1S/C23H30N4O2/c1-16(2)21-13-19(20-14-25-27(17(3)4)22(20)26-21)23(28)24-11-8-12-29-15-18-9-6-5-7-10-18/h5-7,9-10,13-14,16-17H,8,11-12,15H2,1-4H3,(H,24,28). The van der Waals surface area contributed by atoms with Crippen molar-refractivity contribution in [2.45, 2.75) is 52.7 Å². The number of amides is 1. The van der Waals surface area contributed by atoms with Crippen LogP contribution in [-0.4, -0.2) is 33.8 Å². The van der Waals surface area contributed by atoms with Crippen LogP contribution < -0.4 is 5.32 Å². The predicted molar refractivity (Wildman–Crippen MR) is 115 cm³/mol. The maximum atomic E-state index is 12.9. The summed E-state index contributed by atoms with van der Waals surface area (Å²) in [6.07, 6.45) is 2.50. The number of benzene rings is 1. The maximum Gasteiger partial charge on any atom is 0.252 e. The molecule has 0 aliphatic rings. The second kappa shape index (κ2) is 9.65. The number of nitrogens with zero attached hydrogens (tertiary/aromatic N) is 3. The van der Waals surface area contributed by atoms with Crippen LogP contribution in [0.15, 0.2) is 42.6 Å². The predicted octanol–water partition coefficient (Wildman–Crippen LogP) is 4.47. The number of hydrogen-bond donors (Lipinski definition) is 1. The molecule has 0 bridgehead atoms. The van der Waals surface area contributed by atoms with Gasteiger partial charge in [0.05, 0.1) is 23.8 Å². The number of carbonyl (C=O) groups is 1. The molecule has 1 aromatic carbocycles. The first kappa shape index (κ1) is 21.0. The molecule has 2 aromatic heterocycles. The van der Waals surface area contributed by atoms with E-state index in [-0.39, 0.29) is 17.9 Å². The Balaban J connectivity index is 1.61. The molecule has 29 heavy (non-hydrogen) atoms. The Morgan fingerprint density at radius 3 is 2.62 bits per heavy atom. The largest absolute Gasteiger partial charge is 0.377 e. The van der Waals surface area contributed by atoms with Crippen molar-refractivity contribution >= 4 is 16.9 Å². The molecule has 154 valence electrons. The molecule has 0 saturated carbocycles. The first-order valence-corrected chi connectivity index (χ1v) is 10.3. The fourth-order valence-corrected chi connectivity index (χ4v) is 3.13. The highest BCUT2D eigenvalue weighted by molar-refractivity contribution is 6.05. The normalized spacial score (nSPS) is 11.5. The van der Waals surface area contributed by atoms with E-state index in [0.29, 0.717) is 25.3 Å². The molecule has 0 saturated heterocycles. The van der Waals surface area contributed by atoms with Crippen molar-refractivity contribution in [3.8, 4) is 0 Å². The van der Waals surface area contributed by atoms with E-state index in [1.54, 1.807) is 6.20 Å². The third-order valence-corrected chi connectivity index (χ3v) is 4.77. The summed E-state index contributed by atoms with van der Waals surface area (Å²) < 4.78 is 7.55. The zero-order chi connectivity index (χ0) is 20.8. The van der Waals surface area contributed by atoms with Crippen LogP contribution in [-0.2, 0) is 11.3 Å². The lowest BCUT2D eigenvalue weighted by Crippen LogP contribution is -2.26. The van der Waals surface area contributed by atoms with Crippen LogP contribution in [0.25, 0.3) is 11.0 Å². The van der Waals surface area contributed by atoms with Gasteiger partial charge in [0.15, 0.2) is 5.65 Å². The number of pyridine rings is 1. The van der Waals surface area contributed by atoms with Gasteiger partial charge in [0.2, 0.25) is 0 Å². The van der Waals surface area contributed by atoms with Gasteiger partial charge in [0.1, 0.15) is 0 Å². The molecule has 6 nitrogen and oxygen atoms in total. The van der Waals surface area contributed by atoms with E-state index in [4.69, 9.17) is 9.72 Å². The number of rotatable bonds is 9. The molecule has 0 spiro atoms. The Morgan fingerprint density at radius 2 is 1.93 bits per heavy atom. The van der Waals surface area contributed by atoms with Crippen molar-refractivity contribution in [1.29, 1.82) is 0 Å². The quantitative estimate of drug-likeness (QED) is 0.544. The summed E-state index contributed by atoms with van der Waals surface area (Å²) in [5.74, 6) is 0.138. The lowest BCUT2D eigenvalue weighted by Gasteiger charge is -2.12. The van der Waals surface area contributed by atoms with Gasteiger partial charge in [-0.2, -0.15) is 5.10 Å². The average Bonchev–Trinajstić information content (AvgIpc) is 3.14. The Bertz CT molecular complexity index is 948. The smallest absolute Gasteiger partial charge is 0.252 e. The van der Waals surface area contributed by atoms with Gasteiger partial charge in [-0.15, -0.1) is 0 Å². The van der Waals surface area contributed by atoms with Crippen LogP contribution in [0.2, 0.25) is 0 Å². The maximum absolute atomic E-state index is 12.9. The van der Waals surface area contributed by atoms with Gasteiger partial charge in [-0.1, -0.05) is 44.2 Å². The first-order valence-electron chi connectivity index (χ1n) is 10.3. The summed E-state index contributed by atoms with van der Waals surface area (Å²) in [4.78, 5) is 17.6. The van der Waals surface area contributed by atoms with Crippen molar-refractivity contribution in [2.24, 2.45) is 0 Å². The number of ether oxygens (including phenoxy) is 1.